The normalized spacial score (nSPS) is 9.90. The van der Waals surface area contributed by atoms with Crippen LogP contribution < -0.4 is 10.6 Å². The van der Waals surface area contributed by atoms with Crippen LogP contribution in [0, 0.1) is 6.92 Å². The Balaban J connectivity index is 2.08. The van der Waals surface area contributed by atoms with E-state index in [0.717, 1.165) is 31.5 Å². The smallest absolute Gasteiger partial charge is 0.305 e. The van der Waals surface area contributed by atoms with E-state index in [0.29, 0.717) is 11.5 Å². The number of nitrogens with one attached hydrogen (secondary N) is 2. The van der Waals surface area contributed by atoms with Crippen LogP contribution in [0.25, 0.3) is 0 Å². The lowest BCUT2D eigenvalue weighted by Crippen LogP contribution is -2.29. The molecule has 110 valence electrons. The molecule has 0 atom stereocenters. The minimum absolute atomic E-state index is 0.144. The van der Waals surface area contributed by atoms with Crippen LogP contribution in [0.2, 0.25) is 0 Å². The lowest BCUT2D eigenvalue weighted by atomic mass is 10.2. The number of rotatable bonds is 7. The molecule has 1 aromatic carbocycles. The van der Waals surface area contributed by atoms with Crippen molar-refractivity contribution in [3.8, 4) is 0 Å². The van der Waals surface area contributed by atoms with Crippen molar-refractivity contribution in [2.75, 3.05) is 19.0 Å². The Bertz CT molecular complexity index is 432. The predicted octanol–water partition coefficient (Wildman–Crippen LogP) is 3.01. The number of aryl methyl sites for hydroxylation is 1. The number of ether oxygens (including phenoxy) is 1. The molecule has 2 N–H and O–H groups in total. The molecule has 1 rings (SSSR count). The van der Waals surface area contributed by atoms with Crippen LogP contribution >= 0.6 is 12.2 Å². The van der Waals surface area contributed by atoms with Crippen molar-refractivity contribution in [3.63, 3.8) is 0 Å². The van der Waals surface area contributed by atoms with Gasteiger partial charge in [-0.25, -0.2) is 0 Å². The summed E-state index contributed by atoms with van der Waals surface area (Å²) in [5, 5.41) is 6.91. The second kappa shape index (κ2) is 9.31. The maximum atomic E-state index is 10.9. The molecule has 0 radical (unpaired) electrons. The number of carbonyl (C=O) groups is 1. The van der Waals surface area contributed by atoms with Crippen LogP contribution in [0.15, 0.2) is 24.3 Å². The largest absolute Gasteiger partial charge is 0.469 e. The Morgan fingerprint density at radius 2 is 1.90 bits per heavy atom. The average molecular weight is 294 g/mol. The standard InChI is InChI=1S/C15H22N2O2S/c1-12-7-9-13(10-8-12)17-15(20)16-11-5-3-4-6-14(18)19-2/h7-10H,3-6,11H2,1-2H3,(H2,16,17,20). The third-order valence-corrected chi connectivity index (χ3v) is 3.13. The van der Waals surface area contributed by atoms with Crippen molar-refractivity contribution < 1.29 is 9.53 Å². The van der Waals surface area contributed by atoms with E-state index >= 15 is 0 Å². The van der Waals surface area contributed by atoms with Crippen molar-refractivity contribution >= 4 is 29.0 Å². The van der Waals surface area contributed by atoms with Gasteiger partial charge in [0.25, 0.3) is 0 Å². The van der Waals surface area contributed by atoms with E-state index in [1.165, 1.54) is 12.7 Å². The Morgan fingerprint density at radius 3 is 2.55 bits per heavy atom. The lowest BCUT2D eigenvalue weighted by molar-refractivity contribution is -0.140. The van der Waals surface area contributed by atoms with Gasteiger partial charge in [0.15, 0.2) is 5.11 Å². The predicted molar refractivity (Wildman–Crippen MR) is 85.9 cm³/mol. The Hall–Kier alpha value is -1.62. The molecule has 4 nitrogen and oxygen atoms in total. The first kappa shape index (κ1) is 16.4. The molecule has 0 aromatic heterocycles. The third kappa shape index (κ3) is 7.09. The van der Waals surface area contributed by atoms with Crippen LogP contribution in [0.5, 0.6) is 0 Å². The number of anilines is 1. The van der Waals surface area contributed by atoms with E-state index in [2.05, 4.69) is 22.3 Å². The molecule has 5 heteroatoms. The summed E-state index contributed by atoms with van der Waals surface area (Å²) in [6, 6.07) is 8.08. The summed E-state index contributed by atoms with van der Waals surface area (Å²) in [4.78, 5) is 10.9. The number of hydrogen-bond donors (Lipinski definition) is 2. The fourth-order valence-corrected chi connectivity index (χ4v) is 1.91. The van der Waals surface area contributed by atoms with Crippen LogP contribution in [-0.2, 0) is 9.53 Å². The highest BCUT2D eigenvalue weighted by Crippen LogP contribution is 2.08. The number of carbonyl (C=O) groups excluding carboxylic acids is 1. The van der Waals surface area contributed by atoms with Crippen molar-refractivity contribution in [3.05, 3.63) is 29.8 Å². The quantitative estimate of drug-likeness (QED) is 0.460. The first-order valence-electron chi connectivity index (χ1n) is 6.80. The molecule has 0 amide bonds. The summed E-state index contributed by atoms with van der Waals surface area (Å²) in [7, 11) is 1.42. The SMILES string of the molecule is COC(=O)CCCCCNC(=S)Nc1ccc(C)cc1. The minimum atomic E-state index is -0.144. The van der Waals surface area contributed by atoms with Crippen LogP contribution in [0.1, 0.15) is 31.2 Å². The Morgan fingerprint density at radius 1 is 1.20 bits per heavy atom. The average Bonchev–Trinajstić information content (AvgIpc) is 2.44. The van der Waals surface area contributed by atoms with E-state index in [-0.39, 0.29) is 5.97 Å². The number of thiocarbonyl (C=S) groups is 1. The van der Waals surface area contributed by atoms with Gasteiger partial charge in [0.05, 0.1) is 7.11 Å². The van der Waals surface area contributed by atoms with Crippen molar-refractivity contribution in [1.29, 1.82) is 0 Å². The van der Waals surface area contributed by atoms with Crippen LogP contribution in [0.3, 0.4) is 0 Å². The number of hydrogen-bond acceptors (Lipinski definition) is 3. The zero-order valence-corrected chi connectivity index (χ0v) is 12.9. The molecule has 0 spiro atoms. The maximum absolute atomic E-state index is 10.9. The van der Waals surface area contributed by atoms with Gasteiger partial charge in [-0.1, -0.05) is 24.1 Å². The highest BCUT2D eigenvalue weighted by Gasteiger charge is 2.00. The Labute approximate surface area is 125 Å². The topological polar surface area (TPSA) is 50.4 Å². The number of unbranched alkanes of at least 4 members (excludes halogenated alkanes) is 2. The molecular formula is C15H22N2O2S. The molecule has 20 heavy (non-hydrogen) atoms. The van der Waals surface area contributed by atoms with Gasteiger partial charge >= 0.3 is 5.97 Å². The van der Waals surface area contributed by atoms with Gasteiger partial charge in [0.1, 0.15) is 0 Å². The van der Waals surface area contributed by atoms with Gasteiger partial charge in [-0.2, -0.15) is 0 Å². The van der Waals surface area contributed by atoms with E-state index in [4.69, 9.17) is 12.2 Å². The van der Waals surface area contributed by atoms with Crippen molar-refractivity contribution in [1.82, 2.24) is 5.32 Å². The van der Waals surface area contributed by atoms with E-state index in [1.807, 2.05) is 24.3 Å². The second-order valence-corrected chi connectivity index (χ2v) is 5.04. The first-order chi connectivity index (χ1) is 9.61. The highest BCUT2D eigenvalue weighted by atomic mass is 32.1. The fourth-order valence-electron chi connectivity index (χ4n) is 1.69. The van der Waals surface area contributed by atoms with Gasteiger partial charge < -0.3 is 15.4 Å². The highest BCUT2D eigenvalue weighted by molar-refractivity contribution is 7.80. The summed E-state index contributed by atoms with van der Waals surface area (Å²) in [5.74, 6) is -0.144. The summed E-state index contributed by atoms with van der Waals surface area (Å²) < 4.78 is 4.58. The molecule has 0 heterocycles. The Kier molecular flexibility index (Phi) is 7.65. The molecule has 0 aliphatic carbocycles. The maximum Gasteiger partial charge on any atom is 0.305 e. The summed E-state index contributed by atoms with van der Waals surface area (Å²) in [6.07, 6.45) is 3.30. The molecule has 0 saturated heterocycles. The summed E-state index contributed by atoms with van der Waals surface area (Å²) in [6.45, 7) is 2.85. The molecule has 0 saturated carbocycles. The molecule has 0 unspecified atom stereocenters. The fraction of sp³-hybridized carbons (Fsp3) is 0.467. The van der Waals surface area contributed by atoms with Gasteiger partial charge in [0, 0.05) is 18.7 Å². The van der Waals surface area contributed by atoms with E-state index in [9.17, 15) is 4.79 Å². The number of methoxy groups -OCH3 is 1. The van der Waals surface area contributed by atoms with Crippen molar-refractivity contribution in [2.24, 2.45) is 0 Å². The molecule has 0 bridgehead atoms. The number of benzene rings is 1. The molecule has 0 aliphatic rings. The van der Waals surface area contributed by atoms with E-state index in [1.54, 1.807) is 0 Å². The summed E-state index contributed by atoms with van der Waals surface area (Å²) >= 11 is 5.21. The molecule has 0 aliphatic heterocycles. The molecular weight excluding hydrogens is 272 g/mol. The van der Waals surface area contributed by atoms with E-state index < -0.39 is 0 Å². The zero-order chi connectivity index (χ0) is 14.8. The molecule has 1 aromatic rings. The number of esters is 1. The van der Waals surface area contributed by atoms with Crippen LogP contribution in [-0.4, -0.2) is 24.7 Å². The van der Waals surface area contributed by atoms with Gasteiger partial charge in [-0.05, 0) is 44.1 Å². The third-order valence-electron chi connectivity index (χ3n) is 2.88. The zero-order valence-electron chi connectivity index (χ0n) is 12.1. The monoisotopic (exact) mass is 294 g/mol. The van der Waals surface area contributed by atoms with Crippen LogP contribution in [0.4, 0.5) is 5.69 Å². The lowest BCUT2D eigenvalue weighted by Gasteiger charge is -2.10. The first-order valence-corrected chi connectivity index (χ1v) is 7.21. The van der Waals surface area contributed by atoms with Gasteiger partial charge in [0.2, 0.25) is 0 Å². The van der Waals surface area contributed by atoms with Crippen molar-refractivity contribution in [2.45, 2.75) is 32.6 Å². The summed E-state index contributed by atoms with van der Waals surface area (Å²) in [5.41, 5.74) is 2.21. The van der Waals surface area contributed by atoms with Gasteiger partial charge in [-0.3, -0.25) is 4.79 Å². The second-order valence-electron chi connectivity index (χ2n) is 4.63. The van der Waals surface area contributed by atoms with Gasteiger partial charge in [-0.15, -0.1) is 0 Å². The molecule has 0 fully saturated rings. The minimum Gasteiger partial charge on any atom is -0.469 e.